The number of nitrogens with two attached hydrogens (primary N) is 1. The van der Waals surface area contributed by atoms with Crippen molar-refractivity contribution in [3.63, 3.8) is 0 Å². The van der Waals surface area contributed by atoms with Gasteiger partial charge in [0.05, 0.1) is 6.20 Å². The number of nitrogens with zero attached hydrogens (tertiary/aromatic N) is 2. The Balaban J connectivity index is 1.89. The van der Waals surface area contributed by atoms with Crippen molar-refractivity contribution >= 4 is 17.4 Å². The first kappa shape index (κ1) is 11.7. The van der Waals surface area contributed by atoms with Crippen LogP contribution in [-0.2, 0) is 0 Å². The lowest BCUT2D eigenvalue weighted by Crippen LogP contribution is -2.31. The summed E-state index contributed by atoms with van der Waals surface area (Å²) in [6.45, 7) is 0.390. The molecule has 0 fully saturated rings. The monoisotopic (exact) mass is 248 g/mol. The van der Waals surface area contributed by atoms with Crippen LogP contribution in [0.15, 0.2) is 36.5 Å². The molecule has 2 aromatic rings. The Hall–Kier alpha value is -1.79. The molecule has 0 aliphatic heterocycles. The summed E-state index contributed by atoms with van der Waals surface area (Å²) in [7, 11) is 0. The molecule has 1 aromatic heterocycles. The van der Waals surface area contributed by atoms with E-state index >= 15 is 0 Å². The highest BCUT2D eigenvalue weighted by atomic mass is 32.1. The number of carbonyl (C=O) groups is 1. The Kier molecular flexibility index (Phi) is 3.79. The fourth-order valence-corrected chi connectivity index (χ4v) is 1.81. The van der Waals surface area contributed by atoms with E-state index in [1.807, 2.05) is 30.3 Å². The SMILES string of the molecule is NC(CNC(=O)c1cnns1)c1ccccc1. The molecule has 2 rings (SSSR count). The summed E-state index contributed by atoms with van der Waals surface area (Å²) < 4.78 is 3.63. The summed E-state index contributed by atoms with van der Waals surface area (Å²) in [6.07, 6.45) is 1.44. The molecule has 0 saturated carbocycles. The molecule has 88 valence electrons. The minimum absolute atomic E-state index is 0.189. The highest BCUT2D eigenvalue weighted by Crippen LogP contribution is 2.08. The van der Waals surface area contributed by atoms with Gasteiger partial charge in [0.1, 0.15) is 4.88 Å². The number of hydrogen-bond donors (Lipinski definition) is 2. The molecule has 6 heteroatoms. The molecule has 0 spiro atoms. The van der Waals surface area contributed by atoms with E-state index in [9.17, 15) is 4.79 Å². The molecule has 0 aliphatic carbocycles. The molecule has 0 radical (unpaired) electrons. The Bertz CT molecular complexity index is 471. The van der Waals surface area contributed by atoms with E-state index < -0.39 is 0 Å². The summed E-state index contributed by atoms with van der Waals surface area (Å²) in [4.78, 5) is 12.1. The second-order valence-electron chi connectivity index (χ2n) is 3.51. The predicted molar refractivity (Wildman–Crippen MR) is 65.6 cm³/mol. The molecular weight excluding hydrogens is 236 g/mol. The van der Waals surface area contributed by atoms with E-state index in [1.54, 1.807) is 0 Å². The fourth-order valence-electron chi connectivity index (χ4n) is 1.38. The summed E-state index contributed by atoms with van der Waals surface area (Å²) in [6, 6.07) is 9.43. The third-order valence-corrected chi connectivity index (χ3v) is 2.96. The van der Waals surface area contributed by atoms with Crippen molar-refractivity contribution < 1.29 is 4.79 Å². The first-order valence-corrected chi connectivity index (χ1v) is 5.91. The molecular formula is C11H12N4OS. The molecule has 0 saturated heterocycles. The Morgan fingerprint density at radius 3 is 2.82 bits per heavy atom. The van der Waals surface area contributed by atoms with E-state index in [4.69, 9.17) is 5.73 Å². The van der Waals surface area contributed by atoms with E-state index in [2.05, 4.69) is 14.9 Å². The molecule has 1 unspecified atom stereocenters. The van der Waals surface area contributed by atoms with Crippen LogP contribution in [0.3, 0.4) is 0 Å². The van der Waals surface area contributed by atoms with Gasteiger partial charge >= 0.3 is 0 Å². The number of carbonyl (C=O) groups excluding carboxylic acids is 1. The van der Waals surface area contributed by atoms with Crippen molar-refractivity contribution in [2.75, 3.05) is 6.54 Å². The fraction of sp³-hybridized carbons (Fsp3) is 0.182. The van der Waals surface area contributed by atoms with Crippen LogP contribution in [0.5, 0.6) is 0 Å². The van der Waals surface area contributed by atoms with Gasteiger partial charge in [-0.05, 0) is 17.1 Å². The van der Waals surface area contributed by atoms with Gasteiger partial charge in [0.2, 0.25) is 0 Å². The standard InChI is InChI=1S/C11H12N4OS/c12-9(8-4-2-1-3-5-8)6-13-11(16)10-7-14-15-17-10/h1-5,7,9H,6,12H2,(H,13,16). The van der Waals surface area contributed by atoms with Crippen molar-refractivity contribution in [3.8, 4) is 0 Å². The number of benzene rings is 1. The summed E-state index contributed by atoms with van der Waals surface area (Å²) in [5.74, 6) is -0.189. The van der Waals surface area contributed by atoms with Crippen LogP contribution in [0.25, 0.3) is 0 Å². The highest BCUT2D eigenvalue weighted by Gasteiger charge is 2.10. The Labute approximate surface area is 103 Å². The minimum Gasteiger partial charge on any atom is -0.349 e. The average molecular weight is 248 g/mol. The Morgan fingerprint density at radius 2 is 2.18 bits per heavy atom. The zero-order valence-corrected chi connectivity index (χ0v) is 9.85. The third-order valence-electron chi connectivity index (χ3n) is 2.30. The van der Waals surface area contributed by atoms with Crippen LogP contribution in [0.4, 0.5) is 0 Å². The number of aromatic nitrogens is 2. The number of amides is 1. The van der Waals surface area contributed by atoms with Crippen molar-refractivity contribution in [2.24, 2.45) is 5.73 Å². The zero-order chi connectivity index (χ0) is 12.1. The lowest BCUT2D eigenvalue weighted by Gasteiger charge is -2.12. The predicted octanol–water partition coefficient (Wildman–Crippen LogP) is 0.968. The molecule has 17 heavy (non-hydrogen) atoms. The van der Waals surface area contributed by atoms with Gasteiger partial charge < -0.3 is 11.1 Å². The van der Waals surface area contributed by atoms with Crippen molar-refractivity contribution in [2.45, 2.75) is 6.04 Å². The first-order chi connectivity index (χ1) is 8.27. The molecule has 5 nitrogen and oxygen atoms in total. The van der Waals surface area contributed by atoms with Crippen LogP contribution < -0.4 is 11.1 Å². The summed E-state index contributed by atoms with van der Waals surface area (Å²) in [5, 5.41) is 6.35. The zero-order valence-electron chi connectivity index (χ0n) is 9.04. The maximum absolute atomic E-state index is 11.6. The van der Waals surface area contributed by atoms with Gasteiger partial charge in [0.25, 0.3) is 5.91 Å². The van der Waals surface area contributed by atoms with Crippen LogP contribution in [-0.4, -0.2) is 22.0 Å². The van der Waals surface area contributed by atoms with E-state index in [1.165, 1.54) is 6.20 Å². The van der Waals surface area contributed by atoms with Crippen LogP contribution >= 0.6 is 11.5 Å². The van der Waals surface area contributed by atoms with Gasteiger partial charge in [-0.1, -0.05) is 34.8 Å². The molecule has 3 N–H and O–H groups in total. The largest absolute Gasteiger partial charge is 0.349 e. The van der Waals surface area contributed by atoms with Crippen molar-refractivity contribution in [3.05, 3.63) is 47.0 Å². The lowest BCUT2D eigenvalue weighted by atomic mass is 10.1. The van der Waals surface area contributed by atoms with Crippen LogP contribution in [0, 0.1) is 0 Å². The normalized spacial score (nSPS) is 12.1. The first-order valence-electron chi connectivity index (χ1n) is 5.13. The topological polar surface area (TPSA) is 80.9 Å². The molecule has 0 aliphatic rings. The van der Waals surface area contributed by atoms with Gasteiger partial charge in [0.15, 0.2) is 0 Å². The smallest absolute Gasteiger partial charge is 0.264 e. The van der Waals surface area contributed by atoms with Gasteiger partial charge in [-0.25, -0.2) is 0 Å². The molecule has 1 heterocycles. The number of rotatable bonds is 4. The number of nitrogens with one attached hydrogen (secondary N) is 1. The van der Waals surface area contributed by atoms with Crippen molar-refractivity contribution in [1.82, 2.24) is 14.9 Å². The van der Waals surface area contributed by atoms with E-state index in [0.717, 1.165) is 17.1 Å². The molecule has 1 amide bonds. The summed E-state index contributed by atoms with van der Waals surface area (Å²) >= 11 is 1.06. The lowest BCUT2D eigenvalue weighted by molar-refractivity contribution is 0.0955. The average Bonchev–Trinajstić information content (AvgIpc) is 2.90. The maximum Gasteiger partial charge on any atom is 0.264 e. The third kappa shape index (κ3) is 3.08. The minimum atomic E-state index is -0.207. The quantitative estimate of drug-likeness (QED) is 0.844. The van der Waals surface area contributed by atoms with Gasteiger partial charge in [-0.3, -0.25) is 4.79 Å². The molecule has 0 bridgehead atoms. The van der Waals surface area contributed by atoms with Crippen molar-refractivity contribution in [1.29, 1.82) is 0 Å². The second-order valence-corrected chi connectivity index (χ2v) is 4.29. The molecule has 1 atom stereocenters. The van der Waals surface area contributed by atoms with E-state index in [0.29, 0.717) is 11.4 Å². The number of hydrogen-bond acceptors (Lipinski definition) is 5. The molecule has 1 aromatic carbocycles. The summed E-state index contributed by atoms with van der Waals surface area (Å²) in [5.41, 5.74) is 6.95. The van der Waals surface area contributed by atoms with Gasteiger partial charge in [-0.15, -0.1) is 5.10 Å². The van der Waals surface area contributed by atoms with Crippen LogP contribution in [0.1, 0.15) is 21.3 Å². The second kappa shape index (κ2) is 5.51. The van der Waals surface area contributed by atoms with Crippen LogP contribution in [0.2, 0.25) is 0 Å². The van der Waals surface area contributed by atoms with E-state index in [-0.39, 0.29) is 11.9 Å². The maximum atomic E-state index is 11.6. The van der Waals surface area contributed by atoms with Gasteiger partial charge in [-0.2, -0.15) is 0 Å². The van der Waals surface area contributed by atoms with Gasteiger partial charge in [0, 0.05) is 12.6 Å². The highest BCUT2D eigenvalue weighted by molar-refractivity contribution is 7.07. The Morgan fingerprint density at radius 1 is 1.41 bits per heavy atom.